The second-order valence-electron chi connectivity index (χ2n) is 5.67. The zero-order chi connectivity index (χ0) is 17.2. The number of carbonyl (C=O) groups excluding carboxylic acids is 2. The highest BCUT2D eigenvalue weighted by molar-refractivity contribution is 6.45. The first-order valence-corrected chi connectivity index (χ1v) is 7.88. The van der Waals surface area contributed by atoms with Crippen LogP contribution in [0.2, 0.25) is 0 Å². The molecule has 0 bridgehead atoms. The molecule has 0 spiro atoms. The van der Waals surface area contributed by atoms with Gasteiger partial charge in [-0.15, -0.1) is 0 Å². The summed E-state index contributed by atoms with van der Waals surface area (Å²) in [4.78, 5) is 30.7. The summed E-state index contributed by atoms with van der Waals surface area (Å²) < 4.78 is 0. The molecule has 0 atom stereocenters. The lowest BCUT2D eigenvalue weighted by Crippen LogP contribution is -2.26. The molecule has 0 aliphatic rings. The van der Waals surface area contributed by atoms with Crippen LogP contribution in [0, 0.1) is 0 Å². The van der Waals surface area contributed by atoms with Crippen LogP contribution in [-0.2, 0) is 4.79 Å². The van der Waals surface area contributed by atoms with Gasteiger partial charge in [0.15, 0.2) is 0 Å². The van der Waals surface area contributed by atoms with Crippen LogP contribution in [0.5, 0.6) is 0 Å². The number of hydrogen-bond acceptors (Lipinski definition) is 2. The summed E-state index contributed by atoms with van der Waals surface area (Å²) in [5, 5.41) is 4.33. The fourth-order valence-electron chi connectivity index (χ4n) is 2.89. The number of fused-ring (bicyclic) bond motifs is 2. The van der Waals surface area contributed by atoms with Crippen LogP contribution in [0.25, 0.3) is 27.9 Å². The number of benzene rings is 2. The number of H-pyrrole nitrogens is 2. The molecule has 0 aliphatic carbocycles. The number of aromatic amines is 2. The smallest absolute Gasteiger partial charge is 0.296 e. The molecule has 25 heavy (non-hydrogen) atoms. The Morgan fingerprint density at radius 3 is 2.28 bits per heavy atom. The number of para-hydroxylation sites is 2. The van der Waals surface area contributed by atoms with Gasteiger partial charge < -0.3 is 15.3 Å². The van der Waals surface area contributed by atoms with Crippen LogP contribution >= 0.6 is 0 Å². The van der Waals surface area contributed by atoms with Gasteiger partial charge in [-0.25, -0.2) is 0 Å². The average molecular weight is 329 g/mol. The molecule has 1 amide bonds. The number of nitrogens with one attached hydrogen (secondary N) is 3. The van der Waals surface area contributed by atoms with Gasteiger partial charge in [-0.1, -0.05) is 36.4 Å². The maximum absolute atomic E-state index is 12.4. The van der Waals surface area contributed by atoms with Gasteiger partial charge in [0.1, 0.15) is 0 Å². The van der Waals surface area contributed by atoms with E-state index in [2.05, 4.69) is 15.3 Å². The zero-order valence-corrected chi connectivity index (χ0v) is 13.2. The number of Topliss-reactive ketones (excluding diaryl/α,β-unsaturated/α-hetero) is 1. The maximum Gasteiger partial charge on any atom is 0.296 e. The van der Waals surface area contributed by atoms with E-state index in [0.29, 0.717) is 5.56 Å². The van der Waals surface area contributed by atoms with Crippen molar-refractivity contribution in [2.24, 2.45) is 0 Å². The fraction of sp³-hybridized carbons (Fsp3) is 0. The predicted molar refractivity (Wildman–Crippen MR) is 98.1 cm³/mol. The van der Waals surface area contributed by atoms with Crippen molar-refractivity contribution in [3.8, 4) is 0 Å². The molecular formula is C20H15N3O2. The molecule has 0 saturated carbocycles. The Kier molecular flexibility index (Phi) is 3.67. The van der Waals surface area contributed by atoms with E-state index in [4.69, 9.17) is 0 Å². The third kappa shape index (κ3) is 2.72. The third-order valence-corrected chi connectivity index (χ3v) is 4.14. The highest BCUT2D eigenvalue weighted by Crippen LogP contribution is 2.19. The lowest BCUT2D eigenvalue weighted by atomic mass is 10.1. The molecule has 5 nitrogen and oxygen atoms in total. The number of aromatic nitrogens is 2. The second kappa shape index (κ2) is 6.13. The quantitative estimate of drug-likeness (QED) is 0.395. The summed E-state index contributed by atoms with van der Waals surface area (Å²) in [5.74, 6) is -1.23. The highest BCUT2D eigenvalue weighted by Gasteiger charge is 2.18. The van der Waals surface area contributed by atoms with Crippen LogP contribution in [0.4, 0.5) is 0 Å². The van der Waals surface area contributed by atoms with E-state index in [0.717, 1.165) is 27.4 Å². The molecule has 4 rings (SSSR count). The summed E-state index contributed by atoms with van der Waals surface area (Å²) in [6, 6.07) is 15.3. The van der Waals surface area contributed by atoms with Crippen LogP contribution < -0.4 is 5.32 Å². The third-order valence-electron chi connectivity index (χ3n) is 4.14. The number of ketones is 1. The number of rotatable bonds is 4. The number of amides is 1. The van der Waals surface area contributed by atoms with E-state index in [1.807, 2.05) is 54.7 Å². The van der Waals surface area contributed by atoms with Gasteiger partial charge >= 0.3 is 0 Å². The second-order valence-corrected chi connectivity index (χ2v) is 5.67. The van der Waals surface area contributed by atoms with E-state index in [-0.39, 0.29) is 0 Å². The number of carbonyl (C=O) groups is 2. The molecule has 4 aromatic rings. The molecular weight excluding hydrogens is 314 g/mol. The molecule has 2 aromatic carbocycles. The Balaban J connectivity index is 1.51. The van der Waals surface area contributed by atoms with E-state index in [9.17, 15) is 9.59 Å². The first kappa shape index (κ1) is 15.0. The van der Waals surface area contributed by atoms with Crippen molar-refractivity contribution in [3.05, 3.63) is 78.3 Å². The van der Waals surface area contributed by atoms with Crippen LogP contribution in [0.15, 0.2) is 67.1 Å². The van der Waals surface area contributed by atoms with Crippen molar-refractivity contribution in [1.82, 2.24) is 15.3 Å². The molecule has 5 heteroatoms. The molecule has 122 valence electrons. The summed E-state index contributed by atoms with van der Waals surface area (Å²) in [5.41, 5.74) is 3.15. The monoisotopic (exact) mass is 329 g/mol. The van der Waals surface area contributed by atoms with Crippen LogP contribution in [0.1, 0.15) is 15.9 Å². The summed E-state index contributed by atoms with van der Waals surface area (Å²) >= 11 is 0. The van der Waals surface area contributed by atoms with Gasteiger partial charge in [-0.05, 0) is 18.2 Å². The van der Waals surface area contributed by atoms with E-state index in [1.165, 1.54) is 6.20 Å². The van der Waals surface area contributed by atoms with Gasteiger partial charge in [0.25, 0.3) is 11.7 Å². The molecule has 2 heterocycles. The van der Waals surface area contributed by atoms with E-state index in [1.54, 1.807) is 12.3 Å². The molecule has 0 unspecified atom stereocenters. The minimum Gasteiger partial charge on any atom is -0.361 e. The van der Waals surface area contributed by atoms with Crippen molar-refractivity contribution in [1.29, 1.82) is 0 Å². The molecule has 2 aromatic heterocycles. The molecule has 0 radical (unpaired) electrons. The zero-order valence-electron chi connectivity index (χ0n) is 13.2. The van der Waals surface area contributed by atoms with Crippen LogP contribution in [-0.4, -0.2) is 21.7 Å². The largest absolute Gasteiger partial charge is 0.361 e. The molecule has 0 fully saturated rings. The predicted octanol–water partition coefficient (Wildman–Crippen LogP) is 3.62. The van der Waals surface area contributed by atoms with Gasteiger partial charge in [0, 0.05) is 46.0 Å². The maximum atomic E-state index is 12.4. The first-order chi connectivity index (χ1) is 12.2. The highest BCUT2D eigenvalue weighted by atomic mass is 16.2. The summed E-state index contributed by atoms with van der Waals surface area (Å²) in [7, 11) is 0. The Bertz CT molecular complexity index is 1120. The van der Waals surface area contributed by atoms with Crippen molar-refractivity contribution in [2.75, 3.05) is 0 Å². The Morgan fingerprint density at radius 2 is 1.48 bits per heavy atom. The minimum absolute atomic E-state index is 0.369. The van der Waals surface area contributed by atoms with Gasteiger partial charge in [0.05, 0.1) is 5.56 Å². The van der Waals surface area contributed by atoms with Gasteiger partial charge in [-0.3, -0.25) is 9.59 Å². The molecule has 3 N–H and O–H groups in total. The normalized spacial score (nSPS) is 11.4. The van der Waals surface area contributed by atoms with E-state index >= 15 is 0 Å². The minimum atomic E-state index is -0.666. The summed E-state index contributed by atoms with van der Waals surface area (Å²) in [6.45, 7) is 0. The first-order valence-electron chi connectivity index (χ1n) is 7.88. The molecule has 0 saturated heterocycles. The average Bonchev–Trinajstić information content (AvgIpc) is 3.25. The van der Waals surface area contributed by atoms with Crippen molar-refractivity contribution in [2.45, 2.75) is 0 Å². The number of hydrogen-bond donors (Lipinski definition) is 3. The Hall–Kier alpha value is -3.60. The van der Waals surface area contributed by atoms with Gasteiger partial charge in [0.2, 0.25) is 0 Å². The van der Waals surface area contributed by atoms with Crippen molar-refractivity contribution >= 4 is 39.6 Å². The SMILES string of the molecule is O=C(N/C=C/c1c[nH]c2ccccc12)C(=O)c1c[nH]c2ccccc12. The lowest BCUT2D eigenvalue weighted by Gasteiger charge is -1.99. The van der Waals surface area contributed by atoms with Gasteiger partial charge in [-0.2, -0.15) is 0 Å². The summed E-state index contributed by atoms with van der Waals surface area (Å²) in [6.07, 6.45) is 6.68. The fourth-order valence-corrected chi connectivity index (χ4v) is 2.89. The lowest BCUT2D eigenvalue weighted by molar-refractivity contribution is -0.116. The Labute approximate surface area is 143 Å². The van der Waals surface area contributed by atoms with Crippen molar-refractivity contribution < 1.29 is 9.59 Å². The molecule has 0 aliphatic heterocycles. The Morgan fingerprint density at radius 1 is 0.840 bits per heavy atom. The topological polar surface area (TPSA) is 77.8 Å². The van der Waals surface area contributed by atoms with E-state index < -0.39 is 11.7 Å². The van der Waals surface area contributed by atoms with Crippen molar-refractivity contribution in [3.63, 3.8) is 0 Å². The standard InChI is InChI=1S/C20H15N3O2/c24-19(16-12-23-18-8-4-2-6-15(16)18)20(25)21-10-9-13-11-22-17-7-3-1-5-14(13)17/h1-12,22-23H,(H,21,25)/b10-9+. The van der Waals surface area contributed by atoms with Crippen LogP contribution in [0.3, 0.4) is 0 Å².